The van der Waals surface area contributed by atoms with Crippen LogP contribution in [0.5, 0.6) is 0 Å². The molecule has 2 N–H and O–H groups in total. The largest absolute Gasteiger partial charge is 0.356 e. The van der Waals surface area contributed by atoms with Crippen molar-refractivity contribution in [1.82, 2.24) is 19.8 Å². The van der Waals surface area contributed by atoms with Gasteiger partial charge in [0.05, 0.1) is 6.26 Å². The Labute approximate surface area is 170 Å². The Bertz CT molecular complexity index is 701. The molecule has 0 amide bonds. The van der Waals surface area contributed by atoms with Crippen molar-refractivity contribution in [1.29, 1.82) is 0 Å². The van der Waals surface area contributed by atoms with E-state index in [1.807, 2.05) is 6.92 Å². The smallest absolute Gasteiger partial charge is 0.211 e. The normalized spacial score (nSPS) is 17.1. The van der Waals surface area contributed by atoms with Gasteiger partial charge < -0.3 is 10.6 Å². The van der Waals surface area contributed by atoms with Gasteiger partial charge >= 0.3 is 0 Å². The van der Waals surface area contributed by atoms with Gasteiger partial charge in [0.15, 0.2) is 5.96 Å². The van der Waals surface area contributed by atoms with Gasteiger partial charge in [0, 0.05) is 52.4 Å². The number of likely N-dealkylation sites (tertiary alicyclic amines) is 1. The van der Waals surface area contributed by atoms with Crippen LogP contribution in [0.2, 0.25) is 0 Å². The Balaban J connectivity index is 1.67. The van der Waals surface area contributed by atoms with Crippen LogP contribution in [0.1, 0.15) is 31.7 Å². The van der Waals surface area contributed by atoms with Gasteiger partial charge in [-0.3, -0.25) is 9.89 Å². The molecule has 0 spiro atoms. The van der Waals surface area contributed by atoms with Crippen LogP contribution in [0.15, 0.2) is 35.3 Å². The second kappa shape index (κ2) is 11.4. The molecule has 0 atom stereocenters. The molecule has 1 heterocycles. The van der Waals surface area contributed by atoms with Gasteiger partial charge in [0.2, 0.25) is 10.0 Å². The molecule has 1 fully saturated rings. The number of nitrogens with zero attached hydrogens (tertiary/aromatic N) is 3. The number of sulfonamides is 1. The van der Waals surface area contributed by atoms with Gasteiger partial charge in [-0.15, -0.1) is 0 Å². The first-order valence-electron chi connectivity index (χ1n) is 10.1. The lowest BCUT2D eigenvalue weighted by molar-refractivity contribution is 0.198. The monoisotopic (exact) mass is 409 g/mol. The van der Waals surface area contributed by atoms with E-state index in [1.54, 1.807) is 7.05 Å². The second-order valence-corrected chi connectivity index (χ2v) is 9.27. The Morgan fingerprint density at radius 2 is 1.93 bits per heavy atom. The number of nitrogens with one attached hydrogen (secondary N) is 2. The summed E-state index contributed by atoms with van der Waals surface area (Å²) in [5.41, 5.74) is 1.36. The van der Waals surface area contributed by atoms with E-state index in [9.17, 15) is 8.42 Å². The maximum Gasteiger partial charge on any atom is 0.211 e. The van der Waals surface area contributed by atoms with Gasteiger partial charge in [-0.2, -0.15) is 0 Å². The first kappa shape index (κ1) is 22.6. The van der Waals surface area contributed by atoms with Crippen molar-refractivity contribution in [3.8, 4) is 0 Å². The molecule has 0 bridgehead atoms. The summed E-state index contributed by atoms with van der Waals surface area (Å²) in [4.78, 5) is 6.80. The molecule has 1 aromatic rings. The molecule has 1 aliphatic heterocycles. The van der Waals surface area contributed by atoms with Crippen LogP contribution in [0, 0.1) is 0 Å². The fourth-order valence-corrected chi connectivity index (χ4v) is 4.42. The number of hydrogen-bond donors (Lipinski definition) is 2. The van der Waals surface area contributed by atoms with Crippen molar-refractivity contribution in [2.45, 2.75) is 38.8 Å². The molecule has 0 aliphatic carbocycles. The van der Waals surface area contributed by atoms with E-state index < -0.39 is 10.0 Å². The van der Waals surface area contributed by atoms with E-state index in [0.29, 0.717) is 25.7 Å². The molecule has 0 saturated carbocycles. The summed E-state index contributed by atoms with van der Waals surface area (Å²) in [6, 6.07) is 11.0. The molecule has 1 aromatic carbocycles. The van der Waals surface area contributed by atoms with Crippen LogP contribution in [0.25, 0.3) is 0 Å². The molecule has 1 aliphatic rings. The molecule has 7 nitrogen and oxygen atoms in total. The van der Waals surface area contributed by atoms with Gasteiger partial charge in [-0.05, 0) is 24.8 Å². The Morgan fingerprint density at radius 1 is 1.25 bits per heavy atom. The fourth-order valence-electron chi connectivity index (χ4n) is 3.49. The summed E-state index contributed by atoms with van der Waals surface area (Å²) in [6.45, 7) is 6.74. The Morgan fingerprint density at radius 3 is 2.50 bits per heavy atom. The van der Waals surface area contributed by atoms with E-state index in [0.717, 1.165) is 44.9 Å². The maximum atomic E-state index is 11.6. The van der Waals surface area contributed by atoms with Crippen LogP contribution >= 0.6 is 0 Å². The van der Waals surface area contributed by atoms with Gasteiger partial charge in [-0.25, -0.2) is 12.7 Å². The summed E-state index contributed by atoms with van der Waals surface area (Å²) in [5, 5.41) is 6.81. The minimum Gasteiger partial charge on any atom is -0.356 e. The zero-order valence-electron chi connectivity index (χ0n) is 17.4. The van der Waals surface area contributed by atoms with Crippen molar-refractivity contribution in [2.24, 2.45) is 4.99 Å². The molecule has 1 saturated heterocycles. The van der Waals surface area contributed by atoms with E-state index >= 15 is 0 Å². The highest BCUT2D eigenvalue weighted by Crippen LogP contribution is 2.13. The summed E-state index contributed by atoms with van der Waals surface area (Å²) in [5.74, 6) is 0.795. The summed E-state index contributed by atoms with van der Waals surface area (Å²) >= 11 is 0. The molecule has 2 rings (SSSR count). The molecular weight excluding hydrogens is 374 g/mol. The third-order valence-electron chi connectivity index (χ3n) is 5.10. The van der Waals surface area contributed by atoms with Crippen LogP contribution in [-0.2, 0) is 16.6 Å². The minimum absolute atomic E-state index is 0.418. The standard InChI is InChI=1S/C20H35N5O2S/c1-4-25(28(3,26)27)14-8-13-22-20(21-2)23-19-11-15-24(16-12-19)17-18-9-6-5-7-10-18/h5-7,9-10,19H,4,8,11-17H2,1-3H3,(H2,21,22,23). The van der Waals surface area contributed by atoms with E-state index in [4.69, 9.17) is 0 Å². The zero-order valence-corrected chi connectivity index (χ0v) is 18.2. The van der Waals surface area contributed by atoms with Crippen molar-refractivity contribution in [3.05, 3.63) is 35.9 Å². The lowest BCUT2D eigenvalue weighted by Crippen LogP contribution is -2.48. The predicted molar refractivity (Wildman–Crippen MR) is 116 cm³/mol. The number of benzene rings is 1. The van der Waals surface area contributed by atoms with Crippen molar-refractivity contribution < 1.29 is 8.42 Å². The van der Waals surface area contributed by atoms with Crippen molar-refractivity contribution >= 4 is 16.0 Å². The number of piperidine rings is 1. The van der Waals surface area contributed by atoms with E-state index in [1.165, 1.54) is 16.1 Å². The van der Waals surface area contributed by atoms with E-state index in [2.05, 4.69) is 50.9 Å². The van der Waals surface area contributed by atoms with Crippen molar-refractivity contribution in [2.75, 3.05) is 46.0 Å². The summed E-state index contributed by atoms with van der Waals surface area (Å²) in [6.07, 6.45) is 4.18. The van der Waals surface area contributed by atoms with Crippen LogP contribution in [-0.4, -0.2) is 75.7 Å². The van der Waals surface area contributed by atoms with Crippen LogP contribution in [0.3, 0.4) is 0 Å². The third kappa shape index (κ3) is 7.77. The van der Waals surface area contributed by atoms with E-state index in [-0.39, 0.29) is 0 Å². The molecule has 0 aromatic heterocycles. The first-order chi connectivity index (χ1) is 13.4. The molecule has 158 valence electrons. The Kier molecular flexibility index (Phi) is 9.21. The lowest BCUT2D eigenvalue weighted by Gasteiger charge is -2.33. The number of hydrogen-bond acceptors (Lipinski definition) is 4. The first-order valence-corrected chi connectivity index (χ1v) is 12.0. The average Bonchev–Trinajstić information content (AvgIpc) is 2.68. The highest BCUT2D eigenvalue weighted by atomic mass is 32.2. The number of rotatable bonds is 9. The zero-order chi connectivity index (χ0) is 20.4. The van der Waals surface area contributed by atoms with Crippen LogP contribution < -0.4 is 10.6 Å². The molecule has 0 radical (unpaired) electrons. The van der Waals surface area contributed by atoms with Gasteiger partial charge in [0.25, 0.3) is 0 Å². The predicted octanol–water partition coefficient (Wildman–Crippen LogP) is 1.49. The van der Waals surface area contributed by atoms with Gasteiger partial charge in [0.1, 0.15) is 0 Å². The maximum absolute atomic E-state index is 11.6. The molecule has 8 heteroatoms. The average molecular weight is 410 g/mol. The van der Waals surface area contributed by atoms with Crippen LogP contribution in [0.4, 0.5) is 0 Å². The topological polar surface area (TPSA) is 77.0 Å². The second-order valence-electron chi connectivity index (χ2n) is 7.29. The minimum atomic E-state index is -3.12. The SMILES string of the molecule is CCN(CCCNC(=NC)NC1CCN(Cc2ccccc2)CC1)S(C)(=O)=O. The molecular formula is C20H35N5O2S. The lowest BCUT2D eigenvalue weighted by atomic mass is 10.0. The van der Waals surface area contributed by atoms with Crippen molar-refractivity contribution in [3.63, 3.8) is 0 Å². The molecule has 0 unspecified atom stereocenters. The van der Waals surface area contributed by atoms with Gasteiger partial charge in [-0.1, -0.05) is 37.3 Å². The third-order valence-corrected chi connectivity index (χ3v) is 6.48. The number of aliphatic imine (C=N–C) groups is 1. The summed E-state index contributed by atoms with van der Waals surface area (Å²) < 4.78 is 24.7. The highest BCUT2D eigenvalue weighted by molar-refractivity contribution is 7.88. The number of guanidine groups is 1. The molecule has 28 heavy (non-hydrogen) atoms. The highest BCUT2D eigenvalue weighted by Gasteiger charge is 2.20. The fraction of sp³-hybridized carbons (Fsp3) is 0.650. The Hall–Kier alpha value is -1.64. The quantitative estimate of drug-likeness (QED) is 0.367. The summed E-state index contributed by atoms with van der Waals surface area (Å²) in [7, 11) is -1.34.